The van der Waals surface area contributed by atoms with Gasteiger partial charge in [-0.15, -0.1) is 0 Å². The lowest BCUT2D eigenvalue weighted by molar-refractivity contribution is 0.102. The van der Waals surface area contributed by atoms with E-state index >= 15 is 0 Å². The molecule has 0 unspecified atom stereocenters. The zero-order valence-corrected chi connectivity index (χ0v) is 16.8. The Balaban J connectivity index is 1.41. The third-order valence-corrected chi connectivity index (χ3v) is 5.84. The van der Waals surface area contributed by atoms with Crippen LogP contribution in [0.25, 0.3) is 0 Å². The van der Waals surface area contributed by atoms with Gasteiger partial charge < -0.3 is 15.1 Å². The maximum absolute atomic E-state index is 12.6. The summed E-state index contributed by atoms with van der Waals surface area (Å²) in [5.74, 6) is 0.868. The summed E-state index contributed by atoms with van der Waals surface area (Å²) in [6.07, 6.45) is 9.25. The number of amides is 1. The maximum atomic E-state index is 12.6. The van der Waals surface area contributed by atoms with Crippen LogP contribution in [0.2, 0.25) is 0 Å². The molecule has 2 aliphatic heterocycles. The fraction of sp³-hybridized carbons (Fsp3) is 0.478. The number of carbonyl (C=O) groups is 1. The molecule has 2 fully saturated rings. The number of benzene rings is 1. The van der Waals surface area contributed by atoms with Gasteiger partial charge in [-0.3, -0.25) is 4.79 Å². The highest BCUT2D eigenvalue weighted by Crippen LogP contribution is 2.27. The predicted octanol–water partition coefficient (Wildman–Crippen LogP) is 4.62. The molecule has 0 spiro atoms. The summed E-state index contributed by atoms with van der Waals surface area (Å²) in [5, 5.41) is 3.01. The van der Waals surface area contributed by atoms with Gasteiger partial charge in [0.05, 0.1) is 5.56 Å². The topological polar surface area (TPSA) is 48.5 Å². The van der Waals surface area contributed by atoms with E-state index in [2.05, 4.69) is 39.2 Å². The van der Waals surface area contributed by atoms with Gasteiger partial charge in [0.1, 0.15) is 5.82 Å². The van der Waals surface area contributed by atoms with E-state index in [4.69, 9.17) is 0 Å². The van der Waals surface area contributed by atoms with Crippen molar-refractivity contribution >= 4 is 23.1 Å². The maximum Gasteiger partial charge on any atom is 0.257 e. The molecular weight excluding hydrogens is 348 g/mol. The molecule has 2 saturated heterocycles. The van der Waals surface area contributed by atoms with Crippen LogP contribution < -0.4 is 15.1 Å². The zero-order chi connectivity index (χ0) is 19.3. The van der Waals surface area contributed by atoms with E-state index in [-0.39, 0.29) is 5.91 Å². The highest BCUT2D eigenvalue weighted by molar-refractivity contribution is 6.04. The van der Waals surface area contributed by atoms with Crippen LogP contribution in [-0.2, 0) is 0 Å². The first-order valence-electron chi connectivity index (χ1n) is 10.6. The Morgan fingerprint density at radius 2 is 1.57 bits per heavy atom. The van der Waals surface area contributed by atoms with Crippen LogP contribution in [0, 0.1) is 6.92 Å². The Morgan fingerprint density at radius 1 is 0.893 bits per heavy atom. The molecule has 0 aliphatic carbocycles. The molecule has 1 N–H and O–H groups in total. The molecule has 28 heavy (non-hydrogen) atoms. The molecule has 5 heteroatoms. The van der Waals surface area contributed by atoms with Crippen molar-refractivity contribution in [2.75, 3.05) is 41.3 Å². The fourth-order valence-corrected chi connectivity index (χ4v) is 4.26. The lowest BCUT2D eigenvalue weighted by atomic mass is 10.1. The van der Waals surface area contributed by atoms with Gasteiger partial charge in [-0.25, -0.2) is 4.98 Å². The van der Waals surface area contributed by atoms with E-state index in [1.807, 2.05) is 18.2 Å². The van der Waals surface area contributed by atoms with Crippen LogP contribution in [0.15, 0.2) is 36.5 Å². The minimum absolute atomic E-state index is 0.108. The summed E-state index contributed by atoms with van der Waals surface area (Å²) in [7, 11) is 0. The standard InChI is InChI=1S/C23H30N4O/c1-18-16-20(9-10-21(18)26-12-6-7-13-26)25-23(28)19-8-11-22(24-17-19)27-14-4-2-3-5-15-27/h8-11,16-17H,2-7,12-15H2,1H3,(H,25,28). The molecule has 2 aromatic rings. The summed E-state index contributed by atoms with van der Waals surface area (Å²) in [6, 6.07) is 10.0. The molecule has 0 bridgehead atoms. The third kappa shape index (κ3) is 4.29. The highest BCUT2D eigenvalue weighted by atomic mass is 16.1. The molecule has 2 aliphatic rings. The molecule has 5 nitrogen and oxygen atoms in total. The summed E-state index contributed by atoms with van der Waals surface area (Å²) < 4.78 is 0. The average Bonchev–Trinajstić information content (AvgIpc) is 3.10. The van der Waals surface area contributed by atoms with Gasteiger partial charge in [0.15, 0.2) is 0 Å². The number of hydrogen-bond donors (Lipinski definition) is 1. The molecule has 4 rings (SSSR count). The second-order valence-corrected chi connectivity index (χ2v) is 7.96. The van der Waals surface area contributed by atoms with Gasteiger partial charge in [-0.2, -0.15) is 0 Å². The van der Waals surface area contributed by atoms with Crippen molar-refractivity contribution in [1.29, 1.82) is 0 Å². The fourth-order valence-electron chi connectivity index (χ4n) is 4.26. The number of aryl methyl sites for hydroxylation is 1. The molecule has 1 amide bonds. The minimum atomic E-state index is -0.108. The Hall–Kier alpha value is -2.56. The van der Waals surface area contributed by atoms with Crippen molar-refractivity contribution in [3.8, 4) is 0 Å². The van der Waals surface area contributed by atoms with Crippen LogP contribution in [0.3, 0.4) is 0 Å². The summed E-state index contributed by atoms with van der Waals surface area (Å²) >= 11 is 0. The van der Waals surface area contributed by atoms with Crippen LogP contribution in [0.5, 0.6) is 0 Å². The van der Waals surface area contributed by atoms with Gasteiger partial charge in [0.25, 0.3) is 5.91 Å². The van der Waals surface area contributed by atoms with Crippen molar-refractivity contribution in [1.82, 2.24) is 4.98 Å². The Bertz CT molecular complexity index is 804. The number of hydrogen-bond acceptors (Lipinski definition) is 4. The number of nitrogens with one attached hydrogen (secondary N) is 1. The smallest absolute Gasteiger partial charge is 0.257 e. The van der Waals surface area contributed by atoms with Crippen LogP contribution in [0.1, 0.15) is 54.4 Å². The molecule has 148 valence electrons. The first kappa shape index (κ1) is 18.8. The number of pyridine rings is 1. The molecule has 1 aromatic carbocycles. The van der Waals surface area contributed by atoms with E-state index in [9.17, 15) is 4.79 Å². The number of nitrogens with zero attached hydrogens (tertiary/aromatic N) is 3. The molecular formula is C23H30N4O. The second kappa shape index (κ2) is 8.63. The predicted molar refractivity (Wildman–Crippen MR) is 115 cm³/mol. The van der Waals surface area contributed by atoms with Gasteiger partial charge in [0, 0.05) is 43.8 Å². The second-order valence-electron chi connectivity index (χ2n) is 7.96. The SMILES string of the molecule is Cc1cc(NC(=O)c2ccc(N3CCCCCC3)nc2)ccc1N1CCCC1. The molecule has 0 radical (unpaired) electrons. The largest absolute Gasteiger partial charge is 0.371 e. The molecule has 3 heterocycles. The van der Waals surface area contributed by atoms with Gasteiger partial charge in [-0.05, 0) is 68.5 Å². The van der Waals surface area contributed by atoms with Gasteiger partial charge in [0.2, 0.25) is 0 Å². The number of rotatable bonds is 4. The minimum Gasteiger partial charge on any atom is -0.371 e. The number of carbonyl (C=O) groups excluding carboxylic acids is 1. The average molecular weight is 379 g/mol. The summed E-state index contributed by atoms with van der Waals surface area (Å²) in [5.41, 5.74) is 3.91. The van der Waals surface area contributed by atoms with Crippen molar-refractivity contribution in [3.05, 3.63) is 47.7 Å². The van der Waals surface area contributed by atoms with E-state index in [1.54, 1.807) is 6.20 Å². The van der Waals surface area contributed by atoms with Crippen LogP contribution in [-0.4, -0.2) is 37.1 Å². The van der Waals surface area contributed by atoms with E-state index in [0.717, 1.165) is 37.7 Å². The highest BCUT2D eigenvalue weighted by Gasteiger charge is 2.16. The Morgan fingerprint density at radius 3 is 2.21 bits per heavy atom. The summed E-state index contributed by atoms with van der Waals surface area (Å²) in [6.45, 7) is 6.48. The van der Waals surface area contributed by atoms with E-state index in [0.29, 0.717) is 5.56 Å². The monoisotopic (exact) mass is 378 g/mol. The van der Waals surface area contributed by atoms with Crippen LogP contribution >= 0.6 is 0 Å². The van der Waals surface area contributed by atoms with Crippen molar-refractivity contribution in [2.24, 2.45) is 0 Å². The number of aromatic nitrogens is 1. The lowest BCUT2D eigenvalue weighted by Crippen LogP contribution is -2.25. The van der Waals surface area contributed by atoms with Gasteiger partial charge >= 0.3 is 0 Å². The third-order valence-electron chi connectivity index (χ3n) is 5.84. The molecule has 1 aromatic heterocycles. The molecule has 0 atom stereocenters. The van der Waals surface area contributed by atoms with E-state index in [1.165, 1.54) is 49.8 Å². The Kier molecular flexibility index (Phi) is 5.79. The van der Waals surface area contributed by atoms with Crippen molar-refractivity contribution < 1.29 is 4.79 Å². The quantitative estimate of drug-likeness (QED) is 0.843. The zero-order valence-electron chi connectivity index (χ0n) is 16.8. The first-order chi connectivity index (χ1) is 13.7. The van der Waals surface area contributed by atoms with E-state index < -0.39 is 0 Å². The summed E-state index contributed by atoms with van der Waals surface area (Å²) in [4.78, 5) is 21.9. The molecule has 0 saturated carbocycles. The van der Waals surface area contributed by atoms with Crippen LogP contribution in [0.4, 0.5) is 17.2 Å². The Labute approximate surface area is 167 Å². The van der Waals surface area contributed by atoms with Gasteiger partial charge in [-0.1, -0.05) is 12.8 Å². The lowest BCUT2D eigenvalue weighted by Gasteiger charge is -2.21. The number of anilines is 3. The first-order valence-corrected chi connectivity index (χ1v) is 10.6. The normalized spacial score (nSPS) is 17.5. The van der Waals surface area contributed by atoms with Crippen molar-refractivity contribution in [3.63, 3.8) is 0 Å². The van der Waals surface area contributed by atoms with Crippen molar-refractivity contribution in [2.45, 2.75) is 45.4 Å².